The Kier molecular flexibility index (Phi) is 2.58. The van der Waals surface area contributed by atoms with E-state index in [1.54, 1.807) is 25.3 Å². The number of benzene rings is 1. The van der Waals surface area contributed by atoms with Gasteiger partial charge in [0.05, 0.1) is 18.5 Å². The van der Waals surface area contributed by atoms with Crippen molar-refractivity contribution in [3.8, 4) is 5.75 Å². The third-order valence-electron chi connectivity index (χ3n) is 1.52. The summed E-state index contributed by atoms with van der Waals surface area (Å²) in [6.45, 7) is 6.84. The number of nitrogens with zero attached hydrogens (tertiary/aromatic N) is 2. The molecule has 1 aromatic rings. The predicted molar refractivity (Wildman–Crippen MR) is 51.4 cm³/mol. The molecule has 0 N–H and O–H groups in total. The molecule has 0 aliphatic rings. The molecule has 0 aromatic heterocycles. The highest BCUT2D eigenvalue weighted by molar-refractivity contribution is 5.68. The van der Waals surface area contributed by atoms with Crippen LogP contribution in [0.15, 0.2) is 28.2 Å². The van der Waals surface area contributed by atoms with Crippen molar-refractivity contribution < 1.29 is 4.74 Å². The van der Waals surface area contributed by atoms with Gasteiger partial charge in [0.25, 0.3) is 0 Å². The molecule has 1 rings (SSSR count). The van der Waals surface area contributed by atoms with E-state index >= 15 is 0 Å². The number of hydrogen-bond acceptors (Lipinski definition) is 3. The summed E-state index contributed by atoms with van der Waals surface area (Å²) in [5.41, 5.74) is 1.40. The van der Waals surface area contributed by atoms with Crippen LogP contribution in [0.2, 0.25) is 0 Å². The molecule has 0 saturated carbocycles. The van der Waals surface area contributed by atoms with Gasteiger partial charge in [-0.3, -0.25) is 9.98 Å². The van der Waals surface area contributed by atoms with Crippen LogP contribution < -0.4 is 4.74 Å². The van der Waals surface area contributed by atoms with Crippen LogP contribution >= 0.6 is 0 Å². The molecular weight excluding hydrogens is 152 g/mol. The maximum Gasteiger partial charge on any atom is 0.121 e. The maximum atomic E-state index is 5.01. The average Bonchev–Trinajstić information content (AvgIpc) is 2.16. The van der Waals surface area contributed by atoms with Crippen LogP contribution in [0.3, 0.4) is 0 Å². The minimum Gasteiger partial charge on any atom is -0.497 e. The predicted octanol–water partition coefficient (Wildman–Crippen LogP) is 2.36. The first-order valence-corrected chi connectivity index (χ1v) is 3.43. The average molecular weight is 162 g/mol. The third kappa shape index (κ3) is 1.50. The molecule has 0 heterocycles. The van der Waals surface area contributed by atoms with E-state index in [1.807, 2.05) is 0 Å². The largest absolute Gasteiger partial charge is 0.497 e. The Balaban J connectivity index is 3.18. The first-order valence-electron chi connectivity index (χ1n) is 3.43. The molecule has 3 nitrogen and oxygen atoms in total. The monoisotopic (exact) mass is 162 g/mol. The van der Waals surface area contributed by atoms with Gasteiger partial charge in [-0.1, -0.05) is 0 Å². The Morgan fingerprint density at radius 1 is 1.17 bits per heavy atom. The molecule has 0 aliphatic carbocycles. The van der Waals surface area contributed by atoms with Crippen LogP contribution in [0.25, 0.3) is 0 Å². The van der Waals surface area contributed by atoms with Crippen molar-refractivity contribution >= 4 is 24.8 Å². The molecule has 0 aliphatic heterocycles. The smallest absolute Gasteiger partial charge is 0.121 e. The maximum absolute atomic E-state index is 5.01. The van der Waals surface area contributed by atoms with Gasteiger partial charge in [0.1, 0.15) is 5.75 Å². The van der Waals surface area contributed by atoms with Crippen molar-refractivity contribution in [2.24, 2.45) is 9.98 Å². The Labute approximate surface area is 71.4 Å². The van der Waals surface area contributed by atoms with Crippen molar-refractivity contribution in [1.29, 1.82) is 0 Å². The zero-order valence-electron chi connectivity index (χ0n) is 6.95. The lowest BCUT2D eigenvalue weighted by molar-refractivity contribution is 0.415. The van der Waals surface area contributed by atoms with Gasteiger partial charge in [0, 0.05) is 6.07 Å². The summed E-state index contributed by atoms with van der Waals surface area (Å²) in [6.07, 6.45) is 0. The van der Waals surface area contributed by atoms with Gasteiger partial charge in [-0.05, 0) is 25.6 Å². The molecular formula is C9H10N2O. The number of methoxy groups -OCH3 is 1. The molecule has 0 spiro atoms. The number of hydrogen-bond donors (Lipinski definition) is 0. The van der Waals surface area contributed by atoms with E-state index in [9.17, 15) is 0 Å². The van der Waals surface area contributed by atoms with E-state index in [-0.39, 0.29) is 0 Å². The van der Waals surface area contributed by atoms with Crippen LogP contribution in [0.5, 0.6) is 5.75 Å². The zero-order valence-corrected chi connectivity index (χ0v) is 6.95. The summed E-state index contributed by atoms with van der Waals surface area (Å²) in [5.74, 6) is 0.741. The van der Waals surface area contributed by atoms with Crippen molar-refractivity contribution in [1.82, 2.24) is 0 Å². The number of aliphatic imine (C=N–C) groups is 2. The molecule has 0 unspecified atom stereocenters. The van der Waals surface area contributed by atoms with Crippen molar-refractivity contribution in [2.45, 2.75) is 0 Å². The van der Waals surface area contributed by atoms with Crippen LogP contribution in [0.4, 0.5) is 11.4 Å². The van der Waals surface area contributed by atoms with Gasteiger partial charge in [-0.2, -0.15) is 0 Å². The second kappa shape index (κ2) is 3.67. The first kappa shape index (κ1) is 8.46. The molecule has 3 heteroatoms. The summed E-state index contributed by atoms with van der Waals surface area (Å²) in [4.78, 5) is 7.56. The molecule has 1 aromatic carbocycles. The van der Waals surface area contributed by atoms with Gasteiger partial charge < -0.3 is 4.74 Å². The fourth-order valence-electron chi connectivity index (χ4n) is 0.891. The number of rotatable bonds is 3. The highest BCUT2D eigenvalue weighted by Crippen LogP contribution is 2.30. The Hall–Kier alpha value is -1.64. The summed E-state index contributed by atoms with van der Waals surface area (Å²) in [7, 11) is 1.60. The quantitative estimate of drug-likeness (QED) is 0.628. The SMILES string of the molecule is C=Nc1ccc(OC)cc1N=C. The topological polar surface area (TPSA) is 34.0 Å². The minimum absolute atomic E-state index is 0.685. The Morgan fingerprint density at radius 3 is 2.33 bits per heavy atom. The van der Waals surface area contributed by atoms with E-state index in [1.165, 1.54) is 0 Å². The van der Waals surface area contributed by atoms with Crippen molar-refractivity contribution in [2.75, 3.05) is 7.11 Å². The van der Waals surface area contributed by atoms with Gasteiger partial charge in [0.15, 0.2) is 0 Å². The molecule has 62 valence electrons. The molecule has 0 bridgehead atoms. The standard InChI is InChI=1S/C9H10N2O/c1-10-8-5-4-7(12-3)6-9(8)11-2/h4-6H,1-2H2,3H3. The lowest BCUT2D eigenvalue weighted by Crippen LogP contribution is -1.80. The summed E-state index contributed by atoms with van der Waals surface area (Å²) in [5, 5.41) is 0. The van der Waals surface area contributed by atoms with Crippen LogP contribution in [-0.2, 0) is 0 Å². The third-order valence-corrected chi connectivity index (χ3v) is 1.52. The second-order valence-corrected chi connectivity index (χ2v) is 2.17. The molecule has 0 fully saturated rings. The molecule has 0 amide bonds. The minimum atomic E-state index is 0.685. The fraction of sp³-hybridized carbons (Fsp3) is 0.111. The summed E-state index contributed by atoms with van der Waals surface area (Å²) < 4.78 is 5.01. The Bertz CT molecular complexity index is 307. The normalized spacial score (nSPS) is 9.08. The van der Waals surface area contributed by atoms with E-state index in [2.05, 4.69) is 23.4 Å². The van der Waals surface area contributed by atoms with Gasteiger partial charge in [0.2, 0.25) is 0 Å². The highest BCUT2D eigenvalue weighted by atomic mass is 16.5. The lowest BCUT2D eigenvalue weighted by Gasteiger charge is -2.02. The molecule has 12 heavy (non-hydrogen) atoms. The summed E-state index contributed by atoms with van der Waals surface area (Å²) >= 11 is 0. The fourth-order valence-corrected chi connectivity index (χ4v) is 0.891. The molecule has 0 radical (unpaired) electrons. The van der Waals surface area contributed by atoms with Crippen LogP contribution in [-0.4, -0.2) is 20.5 Å². The second-order valence-electron chi connectivity index (χ2n) is 2.17. The zero-order chi connectivity index (χ0) is 8.97. The van der Waals surface area contributed by atoms with Crippen LogP contribution in [0.1, 0.15) is 0 Å². The highest BCUT2D eigenvalue weighted by Gasteiger charge is 1.99. The first-order chi connectivity index (χ1) is 5.81. The van der Waals surface area contributed by atoms with Gasteiger partial charge in [-0.15, -0.1) is 0 Å². The Morgan fingerprint density at radius 2 is 1.83 bits per heavy atom. The van der Waals surface area contributed by atoms with E-state index < -0.39 is 0 Å². The lowest BCUT2D eigenvalue weighted by atomic mass is 10.2. The van der Waals surface area contributed by atoms with Crippen LogP contribution in [0, 0.1) is 0 Å². The van der Waals surface area contributed by atoms with Crippen molar-refractivity contribution in [3.05, 3.63) is 18.2 Å². The van der Waals surface area contributed by atoms with Crippen molar-refractivity contribution in [3.63, 3.8) is 0 Å². The van der Waals surface area contributed by atoms with E-state index in [0.29, 0.717) is 11.4 Å². The number of ether oxygens (including phenoxy) is 1. The van der Waals surface area contributed by atoms with Gasteiger partial charge >= 0.3 is 0 Å². The van der Waals surface area contributed by atoms with Gasteiger partial charge in [-0.25, -0.2) is 0 Å². The van der Waals surface area contributed by atoms with E-state index in [0.717, 1.165) is 5.75 Å². The van der Waals surface area contributed by atoms with E-state index in [4.69, 9.17) is 4.74 Å². The molecule has 0 saturated heterocycles. The summed E-state index contributed by atoms with van der Waals surface area (Å²) in [6, 6.07) is 5.35. The molecule has 0 atom stereocenters.